The highest BCUT2D eigenvalue weighted by atomic mass is 16.2. The molecular weight excluding hydrogens is 304 g/mol. The number of hydrogen-bond donors (Lipinski definition) is 2. The number of carbonyl (C=O) groups excluding carboxylic acids is 3. The Morgan fingerprint density at radius 1 is 1.00 bits per heavy atom. The third-order valence-corrected chi connectivity index (χ3v) is 3.58. The Labute approximate surface area is 143 Å². The molecule has 5 nitrogen and oxygen atoms in total. The standard InChI is InChI=1S/C19H26N2O3/c1-4-5-6-7-12-20-18(23)13-14(2)19(24)21-17-10-8-16(9-11-17)15(3)22/h8-11,13H,4-7,12H2,1-3H3,(H,20,23)(H,21,24)/b14-13-. The van der Waals surface area contributed by atoms with E-state index in [2.05, 4.69) is 17.6 Å². The van der Waals surface area contributed by atoms with Gasteiger partial charge in [-0.1, -0.05) is 26.2 Å². The first-order chi connectivity index (χ1) is 11.4. The summed E-state index contributed by atoms with van der Waals surface area (Å²) in [5.41, 5.74) is 1.50. The van der Waals surface area contributed by atoms with Gasteiger partial charge in [-0.25, -0.2) is 0 Å². The molecule has 0 aliphatic carbocycles. The summed E-state index contributed by atoms with van der Waals surface area (Å²) in [6, 6.07) is 6.63. The molecular formula is C19H26N2O3. The molecule has 0 bridgehead atoms. The highest BCUT2D eigenvalue weighted by molar-refractivity contribution is 6.07. The van der Waals surface area contributed by atoms with E-state index in [4.69, 9.17) is 0 Å². The Morgan fingerprint density at radius 2 is 1.67 bits per heavy atom. The monoisotopic (exact) mass is 330 g/mol. The van der Waals surface area contributed by atoms with E-state index in [1.54, 1.807) is 31.2 Å². The van der Waals surface area contributed by atoms with Crippen LogP contribution in [0.4, 0.5) is 5.69 Å². The normalized spacial score (nSPS) is 11.0. The van der Waals surface area contributed by atoms with Gasteiger partial charge in [0.2, 0.25) is 5.91 Å². The summed E-state index contributed by atoms with van der Waals surface area (Å²) >= 11 is 0. The van der Waals surface area contributed by atoms with E-state index in [1.807, 2.05) is 0 Å². The number of amides is 2. The highest BCUT2D eigenvalue weighted by Crippen LogP contribution is 2.11. The molecule has 130 valence electrons. The van der Waals surface area contributed by atoms with Gasteiger partial charge in [0.05, 0.1) is 0 Å². The van der Waals surface area contributed by atoms with E-state index >= 15 is 0 Å². The quantitative estimate of drug-likeness (QED) is 0.413. The van der Waals surface area contributed by atoms with Crippen molar-refractivity contribution >= 4 is 23.3 Å². The lowest BCUT2D eigenvalue weighted by atomic mass is 10.1. The molecule has 0 heterocycles. The number of anilines is 1. The van der Waals surface area contributed by atoms with Gasteiger partial charge in [-0.15, -0.1) is 0 Å². The first-order valence-electron chi connectivity index (χ1n) is 8.32. The second-order valence-electron chi connectivity index (χ2n) is 5.77. The van der Waals surface area contributed by atoms with E-state index in [9.17, 15) is 14.4 Å². The van der Waals surface area contributed by atoms with Crippen molar-refractivity contribution in [2.75, 3.05) is 11.9 Å². The molecule has 2 N–H and O–H groups in total. The molecule has 0 radical (unpaired) electrons. The third kappa shape index (κ3) is 7.22. The van der Waals surface area contributed by atoms with E-state index in [0.29, 0.717) is 23.4 Å². The lowest BCUT2D eigenvalue weighted by Gasteiger charge is -2.06. The van der Waals surface area contributed by atoms with Gasteiger partial charge >= 0.3 is 0 Å². The maximum Gasteiger partial charge on any atom is 0.251 e. The molecule has 0 spiro atoms. The van der Waals surface area contributed by atoms with Crippen LogP contribution in [0.5, 0.6) is 0 Å². The second kappa shape index (κ2) is 10.4. The zero-order valence-electron chi connectivity index (χ0n) is 14.6. The molecule has 5 heteroatoms. The van der Waals surface area contributed by atoms with Crippen LogP contribution in [0.2, 0.25) is 0 Å². The predicted molar refractivity (Wildman–Crippen MR) is 96.0 cm³/mol. The zero-order valence-corrected chi connectivity index (χ0v) is 14.6. The lowest BCUT2D eigenvalue weighted by Crippen LogP contribution is -2.24. The molecule has 1 rings (SSSR count). The van der Waals surface area contributed by atoms with Crippen molar-refractivity contribution in [1.82, 2.24) is 5.32 Å². The molecule has 0 saturated heterocycles. The zero-order chi connectivity index (χ0) is 17.9. The van der Waals surface area contributed by atoms with Crippen molar-refractivity contribution in [2.24, 2.45) is 0 Å². The van der Waals surface area contributed by atoms with Crippen molar-refractivity contribution in [3.63, 3.8) is 0 Å². The predicted octanol–water partition coefficient (Wildman–Crippen LogP) is 3.47. The van der Waals surface area contributed by atoms with Gasteiger partial charge in [0.1, 0.15) is 0 Å². The number of Topliss-reactive ketones (excluding diaryl/α,β-unsaturated/α-hetero) is 1. The maximum absolute atomic E-state index is 12.1. The maximum atomic E-state index is 12.1. The number of benzene rings is 1. The van der Waals surface area contributed by atoms with Gasteiger partial charge in [0.25, 0.3) is 5.91 Å². The Balaban J connectivity index is 2.47. The summed E-state index contributed by atoms with van der Waals surface area (Å²) in [5, 5.41) is 5.48. The summed E-state index contributed by atoms with van der Waals surface area (Å²) in [7, 11) is 0. The Hall–Kier alpha value is -2.43. The Kier molecular flexibility index (Phi) is 8.47. The minimum absolute atomic E-state index is 0.0282. The number of hydrogen-bond acceptors (Lipinski definition) is 3. The van der Waals surface area contributed by atoms with E-state index in [-0.39, 0.29) is 17.6 Å². The van der Waals surface area contributed by atoms with Crippen LogP contribution in [0.25, 0.3) is 0 Å². The topological polar surface area (TPSA) is 75.3 Å². The van der Waals surface area contributed by atoms with Crippen molar-refractivity contribution in [3.8, 4) is 0 Å². The Morgan fingerprint density at radius 3 is 2.25 bits per heavy atom. The molecule has 0 unspecified atom stereocenters. The smallest absolute Gasteiger partial charge is 0.251 e. The number of nitrogens with one attached hydrogen (secondary N) is 2. The summed E-state index contributed by atoms with van der Waals surface area (Å²) in [5.74, 6) is -0.627. The van der Waals surface area contributed by atoms with Crippen LogP contribution in [0, 0.1) is 0 Å². The van der Waals surface area contributed by atoms with Crippen LogP contribution in [0.15, 0.2) is 35.9 Å². The van der Waals surface area contributed by atoms with Crippen LogP contribution in [0.1, 0.15) is 56.8 Å². The van der Waals surface area contributed by atoms with Gasteiger partial charge in [0.15, 0.2) is 5.78 Å². The van der Waals surface area contributed by atoms with E-state index in [1.165, 1.54) is 13.0 Å². The second-order valence-corrected chi connectivity index (χ2v) is 5.77. The SMILES string of the molecule is CCCCCCNC(=O)/C=C(/C)C(=O)Nc1ccc(C(C)=O)cc1. The molecule has 1 aromatic rings. The molecule has 0 aliphatic heterocycles. The fraction of sp³-hybridized carbons (Fsp3) is 0.421. The third-order valence-electron chi connectivity index (χ3n) is 3.58. The molecule has 0 saturated carbocycles. The highest BCUT2D eigenvalue weighted by Gasteiger charge is 2.08. The Bertz CT molecular complexity index is 604. The van der Waals surface area contributed by atoms with Crippen LogP contribution in [-0.4, -0.2) is 24.1 Å². The number of unbranched alkanes of at least 4 members (excludes halogenated alkanes) is 3. The molecule has 2 amide bonds. The summed E-state index contributed by atoms with van der Waals surface area (Å²) in [4.78, 5) is 35.0. The summed E-state index contributed by atoms with van der Waals surface area (Å²) in [6.07, 6.45) is 5.66. The van der Waals surface area contributed by atoms with E-state index in [0.717, 1.165) is 25.7 Å². The van der Waals surface area contributed by atoms with Crippen molar-refractivity contribution in [3.05, 3.63) is 41.5 Å². The largest absolute Gasteiger partial charge is 0.353 e. The van der Waals surface area contributed by atoms with Crippen LogP contribution < -0.4 is 10.6 Å². The summed E-state index contributed by atoms with van der Waals surface area (Å²) < 4.78 is 0. The van der Waals surface area contributed by atoms with Gasteiger partial charge in [-0.05, 0) is 44.5 Å². The minimum Gasteiger partial charge on any atom is -0.353 e. The van der Waals surface area contributed by atoms with Crippen molar-refractivity contribution in [2.45, 2.75) is 46.5 Å². The number of carbonyl (C=O) groups is 3. The molecule has 0 fully saturated rings. The van der Waals surface area contributed by atoms with Gasteiger partial charge in [-0.2, -0.15) is 0 Å². The minimum atomic E-state index is -0.341. The first kappa shape index (κ1) is 19.6. The number of ketones is 1. The molecule has 0 aliphatic rings. The van der Waals surface area contributed by atoms with Crippen LogP contribution >= 0.6 is 0 Å². The van der Waals surface area contributed by atoms with Crippen molar-refractivity contribution < 1.29 is 14.4 Å². The lowest BCUT2D eigenvalue weighted by molar-refractivity contribution is -0.117. The fourth-order valence-corrected chi connectivity index (χ4v) is 2.09. The van der Waals surface area contributed by atoms with Gasteiger partial charge in [0, 0.05) is 29.4 Å². The first-order valence-corrected chi connectivity index (χ1v) is 8.32. The molecule has 0 atom stereocenters. The molecule has 24 heavy (non-hydrogen) atoms. The van der Waals surface area contributed by atoms with E-state index < -0.39 is 0 Å². The average Bonchev–Trinajstić information content (AvgIpc) is 2.55. The van der Waals surface area contributed by atoms with Crippen LogP contribution in [-0.2, 0) is 9.59 Å². The molecule has 1 aromatic carbocycles. The molecule has 0 aromatic heterocycles. The van der Waals surface area contributed by atoms with Gasteiger partial charge < -0.3 is 10.6 Å². The average molecular weight is 330 g/mol. The summed E-state index contributed by atoms with van der Waals surface area (Å²) in [6.45, 7) is 5.84. The van der Waals surface area contributed by atoms with Crippen molar-refractivity contribution in [1.29, 1.82) is 0 Å². The number of rotatable bonds is 9. The van der Waals surface area contributed by atoms with Crippen LogP contribution in [0.3, 0.4) is 0 Å². The van der Waals surface area contributed by atoms with Gasteiger partial charge in [-0.3, -0.25) is 14.4 Å². The fourth-order valence-electron chi connectivity index (χ4n) is 2.09.